The summed E-state index contributed by atoms with van der Waals surface area (Å²) < 4.78 is 16.9. The van der Waals surface area contributed by atoms with Crippen LogP contribution in [0.25, 0.3) is 0 Å². The molecule has 0 saturated carbocycles. The molecule has 0 aromatic heterocycles. The van der Waals surface area contributed by atoms with Gasteiger partial charge in [0.15, 0.2) is 6.10 Å². The number of unbranched alkanes of at least 4 members (excludes halogenated alkanes) is 33. The molecule has 0 aliphatic rings. The number of carbonyl (C=O) groups is 3. The third-order valence-corrected chi connectivity index (χ3v) is 13.4. The van der Waals surface area contributed by atoms with Gasteiger partial charge in [0, 0.05) is 19.3 Å². The first-order valence-electron chi connectivity index (χ1n) is 30.9. The molecule has 0 aliphatic heterocycles. The van der Waals surface area contributed by atoms with E-state index < -0.39 is 6.10 Å². The second-order valence-corrected chi connectivity index (χ2v) is 20.6. The molecule has 0 bridgehead atoms. The van der Waals surface area contributed by atoms with Crippen LogP contribution in [0, 0.1) is 0 Å². The molecule has 0 N–H and O–H groups in total. The highest BCUT2D eigenvalue weighted by atomic mass is 16.6. The summed E-state index contributed by atoms with van der Waals surface area (Å²) in [6.07, 6.45) is 77.7. The zero-order chi connectivity index (χ0) is 52.2. The summed E-state index contributed by atoms with van der Waals surface area (Å²) in [5, 5.41) is 0. The zero-order valence-electron chi connectivity index (χ0n) is 47.7. The number of hydrogen-bond donors (Lipinski definition) is 0. The Bertz CT molecular complexity index is 1340. The minimum absolute atomic E-state index is 0.0859. The first kappa shape index (κ1) is 68.8. The normalized spacial score (nSPS) is 12.5. The Morgan fingerprint density at radius 1 is 0.292 bits per heavy atom. The molecule has 0 radical (unpaired) electrons. The fourth-order valence-corrected chi connectivity index (χ4v) is 8.76. The smallest absolute Gasteiger partial charge is 0.306 e. The topological polar surface area (TPSA) is 78.9 Å². The highest BCUT2D eigenvalue weighted by molar-refractivity contribution is 5.71. The van der Waals surface area contributed by atoms with E-state index in [2.05, 4.69) is 93.7 Å². The second kappa shape index (κ2) is 60.4. The molecule has 416 valence electrons. The Morgan fingerprint density at radius 2 is 0.556 bits per heavy atom. The lowest BCUT2D eigenvalue weighted by Gasteiger charge is -2.18. The summed E-state index contributed by atoms with van der Waals surface area (Å²) in [5.74, 6) is -0.907. The van der Waals surface area contributed by atoms with E-state index in [0.717, 1.165) is 116 Å². The number of rotatable bonds is 56. The predicted octanol–water partition coefficient (Wildman–Crippen LogP) is 20.9. The van der Waals surface area contributed by atoms with Gasteiger partial charge in [0.2, 0.25) is 0 Å². The zero-order valence-corrected chi connectivity index (χ0v) is 47.7. The number of esters is 3. The van der Waals surface area contributed by atoms with E-state index in [1.165, 1.54) is 154 Å². The first-order valence-corrected chi connectivity index (χ1v) is 30.9. The Kier molecular flexibility index (Phi) is 57.8. The average molecular weight is 1010 g/mol. The van der Waals surface area contributed by atoms with Crippen molar-refractivity contribution in [3.8, 4) is 0 Å². The largest absolute Gasteiger partial charge is 0.462 e. The van der Waals surface area contributed by atoms with Crippen LogP contribution < -0.4 is 0 Å². The molecule has 0 aromatic carbocycles. The third kappa shape index (κ3) is 57.7. The van der Waals surface area contributed by atoms with E-state index in [1.807, 2.05) is 0 Å². The van der Waals surface area contributed by atoms with Gasteiger partial charge in [-0.2, -0.15) is 0 Å². The molecular formula is C66H116O6. The molecule has 0 spiro atoms. The molecule has 0 heterocycles. The summed E-state index contributed by atoms with van der Waals surface area (Å²) >= 11 is 0. The lowest BCUT2D eigenvalue weighted by molar-refractivity contribution is -0.167. The van der Waals surface area contributed by atoms with Crippen molar-refractivity contribution in [3.05, 3.63) is 72.9 Å². The van der Waals surface area contributed by atoms with Crippen LogP contribution in [-0.4, -0.2) is 37.2 Å². The number of hydrogen-bond acceptors (Lipinski definition) is 6. The van der Waals surface area contributed by atoms with Crippen LogP contribution in [0.15, 0.2) is 72.9 Å². The summed E-state index contributed by atoms with van der Waals surface area (Å²) in [4.78, 5) is 38.2. The van der Waals surface area contributed by atoms with Gasteiger partial charge in [-0.25, -0.2) is 0 Å². The van der Waals surface area contributed by atoms with Gasteiger partial charge in [-0.15, -0.1) is 0 Å². The summed E-state index contributed by atoms with van der Waals surface area (Å²) in [5.41, 5.74) is 0. The summed E-state index contributed by atoms with van der Waals surface area (Å²) in [6, 6.07) is 0. The fraction of sp³-hybridized carbons (Fsp3) is 0.773. The minimum atomic E-state index is -0.791. The molecule has 1 atom stereocenters. The van der Waals surface area contributed by atoms with Gasteiger partial charge in [0.25, 0.3) is 0 Å². The van der Waals surface area contributed by atoms with Gasteiger partial charge >= 0.3 is 17.9 Å². The van der Waals surface area contributed by atoms with Crippen molar-refractivity contribution in [2.45, 2.75) is 316 Å². The van der Waals surface area contributed by atoms with Gasteiger partial charge in [0.05, 0.1) is 0 Å². The van der Waals surface area contributed by atoms with Crippen LogP contribution in [0.3, 0.4) is 0 Å². The lowest BCUT2D eigenvalue weighted by atomic mass is 10.0. The van der Waals surface area contributed by atoms with Gasteiger partial charge in [-0.3, -0.25) is 14.4 Å². The SMILES string of the molecule is CC/C=C\C/C=C\C/C=C\CCCCCCCC(=O)OC(COC(=O)CCCCCCC/C=C\C/C=C\CCCC)COC(=O)CCCCCCCCCCCCCCC/C=C\CCCCCCCCCC. The molecule has 1 unspecified atom stereocenters. The Labute approximate surface area is 446 Å². The minimum Gasteiger partial charge on any atom is -0.462 e. The predicted molar refractivity (Wildman–Crippen MR) is 311 cm³/mol. The molecule has 6 nitrogen and oxygen atoms in total. The van der Waals surface area contributed by atoms with Crippen molar-refractivity contribution < 1.29 is 28.6 Å². The molecule has 0 rings (SSSR count). The molecule has 0 amide bonds. The molecule has 0 saturated heterocycles. The summed E-state index contributed by atoms with van der Waals surface area (Å²) in [6.45, 7) is 6.49. The van der Waals surface area contributed by atoms with Crippen LogP contribution in [0.5, 0.6) is 0 Å². The maximum Gasteiger partial charge on any atom is 0.306 e. The molecule has 72 heavy (non-hydrogen) atoms. The summed E-state index contributed by atoms with van der Waals surface area (Å²) in [7, 11) is 0. The Balaban J connectivity index is 4.29. The maximum absolute atomic E-state index is 12.9. The second-order valence-electron chi connectivity index (χ2n) is 20.6. The first-order chi connectivity index (χ1) is 35.5. The van der Waals surface area contributed by atoms with Crippen molar-refractivity contribution >= 4 is 17.9 Å². The standard InChI is InChI=1S/C66H116O6/c1-4-7-10-13-16-19-22-25-28-29-30-31-32-33-34-35-36-37-39-41-44-47-50-53-56-59-65(68)71-62-63(61-70-64(67)58-55-52-49-46-43-40-27-24-21-18-15-12-9-6-3)72-66(69)60-57-54-51-48-45-42-38-26-23-20-17-14-11-8-5-2/h8,11,15,17-18,20,24,26-27,29-30,38,63H,4-7,9-10,12-14,16,19,21-23,25,28,31-37,39-62H2,1-3H3/b11-8-,18-15-,20-17-,27-24-,30-29-,38-26-. The molecule has 0 aromatic rings. The van der Waals surface area contributed by atoms with Crippen molar-refractivity contribution in [1.29, 1.82) is 0 Å². The van der Waals surface area contributed by atoms with Crippen molar-refractivity contribution in [3.63, 3.8) is 0 Å². The molecule has 6 heteroatoms. The van der Waals surface area contributed by atoms with Crippen LogP contribution in [0.4, 0.5) is 0 Å². The Hall–Kier alpha value is -3.15. The van der Waals surface area contributed by atoms with Gasteiger partial charge in [-0.05, 0) is 103 Å². The van der Waals surface area contributed by atoms with Gasteiger partial charge in [-0.1, -0.05) is 261 Å². The Morgan fingerprint density at radius 3 is 0.903 bits per heavy atom. The van der Waals surface area contributed by atoms with Gasteiger partial charge < -0.3 is 14.2 Å². The number of ether oxygens (including phenoxy) is 3. The van der Waals surface area contributed by atoms with E-state index in [9.17, 15) is 14.4 Å². The van der Waals surface area contributed by atoms with Crippen LogP contribution in [-0.2, 0) is 28.6 Å². The van der Waals surface area contributed by atoms with Crippen molar-refractivity contribution in [2.24, 2.45) is 0 Å². The lowest BCUT2D eigenvalue weighted by Crippen LogP contribution is -2.30. The van der Waals surface area contributed by atoms with Gasteiger partial charge in [0.1, 0.15) is 13.2 Å². The van der Waals surface area contributed by atoms with E-state index in [0.29, 0.717) is 19.3 Å². The van der Waals surface area contributed by atoms with Crippen LogP contribution >= 0.6 is 0 Å². The highest BCUT2D eigenvalue weighted by Crippen LogP contribution is 2.16. The average Bonchev–Trinajstić information content (AvgIpc) is 3.38. The number of carbonyl (C=O) groups excluding carboxylic acids is 3. The third-order valence-electron chi connectivity index (χ3n) is 13.4. The molecule has 0 fully saturated rings. The molecular weight excluding hydrogens is 889 g/mol. The van der Waals surface area contributed by atoms with E-state index in [4.69, 9.17) is 14.2 Å². The van der Waals surface area contributed by atoms with Crippen LogP contribution in [0.1, 0.15) is 310 Å². The highest BCUT2D eigenvalue weighted by Gasteiger charge is 2.19. The van der Waals surface area contributed by atoms with Crippen molar-refractivity contribution in [2.75, 3.05) is 13.2 Å². The molecule has 0 aliphatic carbocycles. The van der Waals surface area contributed by atoms with E-state index in [1.54, 1.807) is 0 Å². The van der Waals surface area contributed by atoms with E-state index >= 15 is 0 Å². The van der Waals surface area contributed by atoms with Crippen LogP contribution in [0.2, 0.25) is 0 Å². The quantitative estimate of drug-likeness (QED) is 0.0261. The maximum atomic E-state index is 12.9. The fourth-order valence-electron chi connectivity index (χ4n) is 8.76. The monoisotopic (exact) mass is 1000 g/mol. The van der Waals surface area contributed by atoms with E-state index in [-0.39, 0.29) is 31.1 Å². The number of allylic oxidation sites excluding steroid dienone is 12. The van der Waals surface area contributed by atoms with Crippen molar-refractivity contribution in [1.82, 2.24) is 0 Å².